The minimum absolute atomic E-state index is 0.670. The Bertz CT molecular complexity index is 1910. The van der Waals surface area contributed by atoms with Gasteiger partial charge in [-0.2, -0.15) is 0 Å². The van der Waals surface area contributed by atoms with E-state index < -0.39 is 0 Å². The molecule has 5 aromatic rings. The van der Waals surface area contributed by atoms with Crippen LogP contribution in [0.4, 0.5) is 11.4 Å². The van der Waals surface area contributed by atoms with Crippen LogP contribution < -0.4 is 21.1 Å². The van der Waals surface area contributed by atoms with Crippen LogP contribution in [0.5, 0.6) is 0 Å². The van der Waals surface area contributed by atoms with Crippen LogP contribution >= 0.6 is 0 Å². The van der Waals surface area contributed by atoms with E-state index in [2.05, 4.69) is 86.3 Å². The molecule has 0 amide bonds. The summed E-state index contributed by atoms with van der Waals surface area (Å²) in [7, 11) is 0.670. The second-order valence-electron chi connectivity index (χ2n) is 10.9. The summed E-state index contributed by atoms with van der Waals surface area (Å²) in [5, 5.41) is 2.50. The molecule has 0 saturated heterocycles. The molecular weight excluding hydrogens is 453 g/mol. The van der Waals surface area contributed by atoms with Gasteiger partial charge in [0.25, 0.3) is 0 Å². The van der Waals surface area contributed by atoms with E-state index in [0.29, 0.717) is 7.41 Å². The van der Waals surface area contributed by atoms with Gasteiger partial charge in [0.15, 0.2) is 0 Å². The molecule has 180 valence electrons. The first-order chi connectivity index (χ1) is 18.1. The van der Waals surface area contributed by atoms with Gasteiger partial charge in [-0.1, -0.05) is 48.0 Å². The van der Waals surface area contributed by atoms with Gasteiger partial charge >= 0.3 is 7.41 Å². The number of aryl methyl sites for hydroxylation is 5. The zero-order valence-corrected chi connectivity index (χ0v) is 21.6. The smallest absolute Gasteiger partial charge is 0.320 e. The third-order valence-electron chi connectivity index (χ3n) is 8.40. The highest BCUT2D eigenvalue weighted by Gasteiger charge is 2.34. The van der Waals surface area contributed by atoms with Gasteiger partial charge in [0.1, 0.15) is 16.8 Å². The normalized spacial score (nSPS) is 15.1. The predicted octanol–water partition coefficient (Wildman–Crippen LogP) is 5.87. The van der Waals surface area contributed by atoms with E-state index in [1.807, 2.05) is 0 Å². The molecule has 0 bridgehead atoms. The number of anilines is 2. The molecule has 0 N–H and O–H groups in total. The third kappa shape index (κ3) is 2.96. The minimum atomic E-state index is 0.670. The lowest BCUT2D eigenvalue weighted by Crippen LogP contribution is -2.35. The lowest BCUT2D eigenvalue weighted by molar-refractivity contribution is 0.548. The van der Waals surface area contributed by atoms with Gasteiger partial charge in [-0.15, -0.1) is 0 Å². The van der Waals surface area contributed by atoms with Crippen LogP contribution in [0.3, 0.4) is 0 Å². The molecule has 1 aliphatic carbocycles. The molecule has 4 heteroatoms. The van der Waals surface area contributed by atoms with Crippen LogP contribution in [-0.2, 0) is 12.8 Å². The van der Waals surface area contributed by atoms with E-state index in [4.69, 9.17) is 8.83 Å². The van der Waals surface area contributed by atoms with Gasteiger partial charge in [0.2, 0.25) is 0 Å². The molecule has 3 aromatic carbocycles. The maximum Gasteiger partial charge on any atom is 0.320 e. The monoisotopic (exact) mass is 481 g/mol. The quantitative estimate of drug-likeness (QED) is 0.259. The van der Waals surface area contributed by atoms with Gasteiger partial charge < -0.3 is 13.6 Å². The molecule has 2 aromatic heterocycles. The van der Waals surface area contributed by atoms with Crippen LogP contribution in [-0.4, -0.2) is 7.41 Å². The van der Waals surface area contributed by atoms with Crippen LogP contribution in [0.25, 0.3) is 45.4 Å². The van der Waals surface area contributed by atoms with Gasteiger partial charge in [0, 0.05) is 28.5 Å². The largest absolute Gasteiger partial charge is 0.469 e. The molecule has 0 radical (unpaired) electrons. The first kappa shape index (κ1) is 21.2. The second-order valence-corrected chi connectivity index (χ2v) is 10.9. The fourth-order valence-corrected chi connectivity index (χ4v) is 6.89. The average molecular weight is 481 g/mol. The summed E-state index contributed by atoms with van der Waals surface area (Å²) in [6, 6.07) is 18.0. The zero-order chi connectivity index (χ0) is 24.8. The van der Waals surface area contributed by atoms with E-state index >= 15 is 0 Å². The van der Waals surface area contributed by atoms with Crippen molar-refractivity contribution < 1.29 is 8.83 Å². The molecule has 0 atom stereocenters. The molecule has 3 nitrogen and oxygen atoms in total. The van der Waals surface area contributed by atoms with Crippen LogP contribution in [0.1, 0.15) is 40.9 Å². The number of hydrogen-bond acceptors (Lipinski definition) is 3. The standard InChI is InChI=1S/C33H28BNO2/c1-18-11-12-21-13-14-28-32-31-23(8-6-10-27(31)36-28)29-20(3)15-19(2)17-25(29)35(32)34-33-30(24(21)16-18)22-7-4-5-9-26(22)37-33/h6-12,15-17,34H,4-5,13-14H2,1-3H3. The van der Waals surface area contributed by atoms with E-state index in [9.17, 15) is 0 Å². The number of nitrogens with zero attached hydrogens (tertiary/aromatic N) is 1. The molecule has 37 heavy (non-hydrogen) atoms. The van der Waals surface area contributed by atoms with Gasteiger partial charge in [-0.25, -0.2) is 0 Å². The van der Waals surface area contributed by atoms with Crippen molar-refractivity contribution in [2.75, 3.05) is 4.81 Å². The van der Waals surface area contributed by atoms with Crippen molar-refractivity contribution >= 4 is 47.6 Å². The van der Waals surface area contributed by atoms with Crippen molar-refractivity contribution in [3.8, 4) is 22.3 Å². The molecule has 8 rings (SSSR count). The number of furan rings is 2. The molecule has 2 aliphatic heterocycles. The zero-order valence-electron chi connectivity index (χ0n) is 21.6. The van der Waals surface area contributed by atoms with Crippen molar-refractivity contribution in [2.24, 2.45) is 0 Å². The summed E-state index contributed by atoms with van der Waals surface area (Å²) in [6.07, 6.45) is 8.53. The lowest BCUT2D eigenvalue weighted by atomic mass is 9.75. The van der Waals surface area contributed by atoms with Crippen molar-refractivity contribution in [2.45, 2.75) is 46.5 Å². The first-order valence-corrected chi connectivity index (χ1v) is 13.4. The Morgan fingerprint density at radius 3 is 2.62 bits per heavy atom. The Balaban J connectivity index is 1.50. The maximum absolute atomic E-state index is 6.73. The highest BCUT2D eigenvalue weighted by Crippen LogP contribution is 2.51. The Hall–Kier alpha value is -3.92. The van der Waals surface area contributed by atoms with Gasteiger partial charge in [0.05, 0.1) is 16.7 Å². The van der Waals surface area contributed by atoms with Gasteiger partial charge in [-0.05, 0) is 86.1 Å². The van der Waals surface area contributed by atoms with E-state index in [-0.39, 0.29) is 0 Å². The molecule has 4 heterocycles. The summed E-state index contributed by atoms with van der Waals surface area (Å²) in [4.78, 5) is 2.48. The van der Waals surface area contributed by atoms with Crippen molar-refractivity contribution in [3.05, 3.63) is 87.2 Å². The first-order valence-electron chi connectivity index (χ1n) is 13.4. The molecule has 3 aliphatic rings. The number of benzene rings is 3. The summed E-state index contributed by atoms with van der Waals surface area (Å²) in [5.74, 6) is 1.07. The number of hydrogen-bond donors (Lipinski definition) is 0. The summed E-state index contributed by atoms with van der Waals surface area (Å²) in [6.45, 7) is 6.62. The highest BCUT2D eigenvalue weighted by molar-refractivity contribution is 6.61. The predicted molar refractivity (Wildman–Crippen MR) is 154 cm³/mol. The Morgan fingerprint density at radius 2 is 1.70 bits per heavy atom. The fourth-order valence-electron chi connectivity index (χ4n) is 6.89. The van der Waals surface area contributed by atoms with Crippen molar-refractivity contribution in [3.63, 3.8) is 0 Å². The van der Waals surface area contributed by atoms with Crippen LogP contribution in [0.15, 0.2) is 57.4 Å². The van der Waals surface area contributed by atoms with E-state index in [1.54, 1.807) is 0 Å². The SMILES string of the molecule is Cc1ccc2c(c1)-c1c(oc3c1=CCCC=3)BN1c3cc(C)cc(C)c3-c3cccc4oc(c1c34)CC2. The molecule has 0 unspecified atom stereocenters. The summed E-state index contributed by atoms with van der Waals surface area (Å²) >= 11 is 0. The van der Waals surface area contributed by atoms with Crippen molar-refractivity contribution in [1.82, 2.24) is 0 Å². The van der Waals surface area contributed by atoms with E-state index in [1.165, 1.54) is 66.5 Å². The number of rotatable bonds is 0. The van der Waals surface area contributed by atoms with Crippen molar-refractivity contribution in [1.29, 1.82) is 0 Å². The highest BCUT2D eigenvalue weighted by atomic mass is 16.3. The van der Waals surface area contributed by atoms with E-state index in [0.717, 1.165) is 48.1 Å². The Morgan fingerprint density at radius 1 is 0.811 bits per heavy atom. The molecule has 0 fully saturated rings. The molecule has 0 spiro atoms. The minimum Gasteiger partial charge on any atom is -0.469 e. The second kappa shape index (κ2) is 7.55. The summed E-state index contributed by atoms with van der Waals surface area (Å²) in [5.41, 5.74) is 15.9. The molecular formula is C33H28BNO2. The lowest BCUT2D eigenvalue weighted by Gasteiger charge is -2.33. The van der Waals surface area contributed by atoms with Crippen LogP contribution in [0, 0.1) is 20.8 Å². The topological polar surface area (TPSA) is 29.5 Å². The average Bonchev–Trinajstić information content (AvgIpc) is 3.44. The Kier molecular flexibility index (Phi) is 4.32. The summed E-state index contributed by atoms with van der Waals surface area (Å²) < 4.78 is 13.4. The Labute approximate surface area is 217 Å². The third-order valence-corrected chi connectivity index (χ3v) is 8.40. The van der Waals surface area contributed by atoms with Crippen LogP contribution in [0.2, 0.25) is 0 Å². The maximum atomic E-state index is 6.73. The fraction of sp³-hybridized carbons (Fsp3) is 0.212. The molecule has 0 saturated carbocycles. The van der Waals surface area contributed by atoms with Gasteiger partial charge in [-0.3, -0.25) is 0 Å². The number of fused-ring (bicyclic) bond motifs is 8.